The molecule has 0 aromatic heterocycles. The lowest BCUT2D eigenvalue weighted by atomic mass is 10.2. The number of alkyl halides is 3. The highest BCUT2D eigenvalue weighted by Gasteiger charge is 2.38. The molecule has 0 unspecified atom stereocenters. The summed E-state index contributed by atoms with van der Waals surface area (Å²) in [6, 6.07) is 5.32. The number of nitrogens with zero attached hydrogens (tertiary/aromatic N) is 2. The Balaban J connectivity index is 2.48. The fourth-order valence-corrected chi connectivity index (χ4v) is 3.13. The molecule has 10 heteroatoms. The van der Waals surface area contributed by atoms with E-state index in [-0.39, 0.29) is 10.5 Å². The average molecular weight is 322 g/mol. The molecule has 0 atom stereocenters. The Bertz CT molecular complexity index is 712. The molecule has 0 bridgehead atoms. The van der Waals surface area contributed by atoms with Crippen LogP contribution in [0.4, 0.5) is 13.2 Å². The zero-order valence-corrected chi connectivity index (χ0v) is 11.1. The third kappa shape index (κ3) is 3.32. The molecule has 0 saturated heterocycles. The van der Waals surface area contributed by atoms with E-state index in [2.05, 4.69) is 4.40 Å². The number of carboxylic acid groups (broad SMARTS) is 1. The Labute approximate surface area is 117 Å². The molecule has 114 valence electrons. The van der Waals surface area contributed by atoms with E-state index < -0.39 is 41.1 Å². The number of hydrogen-bond donors (Lipinski definition) is 1. The lowest BCUT2D eigenvalue weighted by Crippen LogP contribution is -2.42. The summed E-state index contributed by atoms with van der Waals surface area (Å²) in [5, 5.41) is 8.71. The molecule has 6 nitrogen and oxygen atoms in total. The van der Waals surface area contributed by atoms with E-state index in [0.29, 0.717) is 4.90 Å². The van der Waals surface area contributed by atoms with Gasteiger partial charge in [-0.25, -0.2) is 0 Å². The normalized spacial score (nSPS) is 16.2. The Kier molecular flexibility index (Phi) is 3.66. The summed E-state index contributed by atoms with van der Waals surface area (Å²) >= 11 is 0. The molecular weight excluding hydrogens is 313 g/mol. The van der Waals surface area contributed by atoms with Crippen molar-refractivity contribution in [3.63, 3.8) is 0 Å². The summed E-state index contributed by atoms with van der Waals surface area (Å²) in [5.41, 5.74) is -0.0389. The summed E-state index contributed by atoms with van der Waals surface area (Å²) < 4.78 is 64.4. The van der Waals surface area contributed by atoms with E-state index in [1.165, 1.54) is 24.3 Å². The van der Waals surface area contributed by atoms with Gasteiger partial charge < -0.3 is 10.0 Å². The number of sulfonamides is 1. The summed E-state index contributed by atoms with van der Waals surface area (Å²) in [6.45, 7) is -2.62. The number of carboxylic acids is 1. The van der Waals surface area contributed by atoms with E-state index in [4.69, 9.17) is 5.11 Å². The van der Waals surface area contributed by atoms with Crippen molar-refractivity contribution >= 4 is 21.8 Å². The number of benzene rings is 1. The highest BCUT2D eigenvalue weighted by atomic mass is 32.2. The van der Waals surface area contributed by atoms with Gasteiger partial charge in [-0.3, -0.25) is 4.79 Å². The molecule has 0 amide bonds. The number of amidine groups is 1. The maximum Gasteiger partial charge on any atom is 0.405 e. The first-order valence-corrected chi connectivity index (χ1v) is 7.02. The molecule has 0 fully saturated rings. The zero-order chi connectivity index (χ0) is 15.8. The smallest absolute Gasteiger partial charge is 0.405 e. The van der Waals surface area contributed by atoms with Gasteiger partial charge in [-0.15, -0.1) is 4.40 Å². The van der Waals surface area contributed by atoms with Gasteiger partial charge >= 0.3 is 12.1 Å². The second-order valence-electron chi connectivity index (χ2n) is 4.25. The standard InChI is InChI=1S/C11H9F3N2O4S/c12-11(13,14)6-16(5-9(17)18)10-7-3-1-2-4-8(7)21(19,20)15-10/h1-4H,5-6H2,(H,17,18). The first kappa shape index (κ1) is 15.3. The molecule has 0 spiro atoms. The number of hydrogen-bond acceptors (Lipinski definition) is 4. The van der Waals surface area contributed by atoms with Crippen LogP contribution in [0.2, 0.25) is 0 Å². The SMILES string of the molecule is O=C(O)CN(CC(F)(F)F)C1=NS(=O)(=O)c2ccccc21. The molecule has 1 heterocycles. The summed E-state index contributed by atoms with van der Waals surface area (Å²) in [5.74, 6) is -2.03. The predicted octanol–water partition coefficient (Wildman–Crippen LogP) is 1.08. The number of carbonyl (C=O) groups is 1. The van der Waals surface area contributed by atoms with Crippen LogP contribution in [0.3, 0.4) is 0 Å². The molecule has 1 N–H and O–H groups in total. The monoisotopic (exact) mass is 322 g/mol. The van der Waals surface area contributed by atoms with E-state index in [1.807, 2.05) is 0 Å². The summed E-state index contributed by atoms with van der Waals surface area (Å²) in [4.78, 5) is 10.9. The van der Waals surface area contributed by atoms with Crippen molar-refractivity contribution in [2.45, 2.75) is 11.1 Å². The van der Waals surface area contributed by atoms with Crippen LogP contribution in [0.15, 0.2) is 33.6 Å². The van der Waals surface area contributed by atoms with E-state index >= 15 is 0 Å². The van der Waals surface area contributed by atoms with Gasteiger partial charge in [0.1, 0.15) is 18.0 Å². The van der Waals surface area contributed by atoms with Crippen LogP contribution in [0.5, 0.6) is 0 Å². The predicted molar refractivity (Wildman–Crippen MR) is 65.4 cm³/mol. The summed E-state index contributed by atoms with van der Waals surface area (Å²) in [7, 11) is -4.11. The molecule has 1 aliphatic heterocycles. The largest absolute Gasteiger partial charge is 0.480 e. The van der Waals surface area contributed by atoms with E-state index in [9.17, 15) is 26.4 Å². The van der Waals surface area contributed by atoms with Crippen LogP contribution in [0.25, 0.3) is 0 Å². The van der Waals surface area contributed by atoms with Crippen molar-refractivity contribution < 1.29 is 31.5 Å². The minimum absolute atomic E-state index is 0.0389. The van der Waals surface area contributed by atoms with Gasteiger partial charge in [-0.05, 0) is 12.1 Å². The molecule has 0 radical (unpaired) electrons. The second kappa shape index (κ2) is 5.02. The maximum atomic E-state index is 12.5. The van der Waals surface area contributed by atoms with Crippen molar-refractivity contribution in [1.82, 2.24) is 4.90 Å². The van der Waals surface area contributed by atoms with Crippen LogP contribution in [0, 0.1) is 0 Å². The third-order valence-corrected chi connectivity index (χ3v) is 3.93. The Hall–Kier alpha value is -2.10. The molecule has 1 aliphatic rings. The molecule has 1 aromatic rings. The van der Waals surface area contributed by atoms with Crippen molar-refractivity contribution in [2.75, 3.05) is 13.1 Å². The topological polar surface area (TPSA) is 87.0 Å². The lowest BCUT2D eigenvalue weighted by Gasteiger charge is -2.23. The number of rotatable bonds is 3. The summed E-state index contributed by atoms with van der Waals surface area (Å²) in [6.07, 6.45) is -4.70. The Morgan fingerprint density at radius 2 is 1.90 bits per heavy atom. The minimum Gasteiger partial charge on any atom is -0.480 e. The van der Waals surface area contributed by atoms with Crippen LogP contribution in [-0.2, 0) is 14.8 Å². The van der Waals surface area contributed by atoms with Gasteiger partial charge in [0.15, 0.2) is 5.84 Å². The van der Waals surface area contributed by atoms with E-state index in [1.54, 1.807) is 0 Å². The average Bonchev–Trinajstić information content (AvgIpc) is 2.59. The Morgan fingerprint density at radius 3 is 2.48 bits per heavy atom. The maximum absolute atomic E-state index is 12.5. The van der Waals surface area contributed by atoms with Gasteiger partial charge in [0.05, 0.1) is 0 Å². The second-order valence-corrected chi connectivity index (χ2v) is 5.82. The lowest BCUT2D eigenvalue weighted by molar-refractivity contribution is -0.147. The molecular formula is C11H9F3N2O4S. The first-order chi connectivity index (χ1) is 9.60. The molecule has 1 aromatic carbocycles. The van der Waals surface area contributed by atoms with E-state index in [0.717, 1.165) is 0 Å². The van der Waals surface area contributed by atoms with Crippen LogP contribution >= 0.6 is 0 Å². The highest BCUT2D eigenvalue weighted by molar-refractivity contribution is 7.90. The van der Waals surface area contributed by atoms with Crippen molar-refractivity contribution in [3.05, 3.63) is 29.8 Å². The van der Waals surface area contributed by atoms with Crippen molar-refractivity contribution in [1.29, 1.82) is 0 Å². The molecule has 2 rings (SSSR count). The van der Waals surface area contributed by atoms with Crippen molar-refractivity contribution in [2.24, 2.45) is 4.40 Å². The van der Waals surface area contributed by atoms with Gasteiger partial charge in [0.25, 0.3) is 10.0 Å². The van der Waals surface area contributed by atoms with Gasteiger partial charge in [-0.2, -0.15) is 21.6 Å². The van der Waals surface area contributed by atoms with Gasteiger partial charge in [-0.1, -0.05) is 12.1 Å². The zero-order valence-electron chi connectivity index (χ0n) is 10.3. The fourth-order valence-electron chi connectivity index (χ4n) is 1.90. The van der Waals surface area contributed by atoms with Crippen LogP contribution in [0.1, 0.15) is 5.56 Å². The molecule has 0 saturated carbocycles. The minimum atomic E-state index is -4.70. The number of fused-ring (bicyclic) bond motifs is 1. The van der Waals surface area contributed by atoms with Gasteiger partial charge in [0, 0.05) is 5.56 Å². The highest BCUT2D eigenvalue weighted by Crippen LogP contribution is 2.28. The third-order valence-electron chi connectivity index (χ3n) is 2.61. The Morgan fingerprint density at radius 1 is 1.29 bits per heavy atom. The number of halogens is 3. The molecule has 21 heavy (non-hydrogen) atoms. The number of aliphatic carboxylic acids is 1. The van der Waals surface area contributed by atoms with Gasteiger partial charge in [0.2, 0.25) is 0 Å². The molecule has 0 aliphatic carbocycles. The quantitative estimate of drug-likeness (QED) is 0.900. The first-order valence-electron chi connectivity index (χ1n) is 5.58. The van der Waals surface area contributed by atoms with Crippen LogP contribution in [-0.4, -0.2) is 49.5 Å². The van der Waals surface area contributed by atoms with Crippen molar-refractivity contribution in [3.8, 4) is 0 Å². The fraction of sp³-hybridized carbons (Fsp3) is 0.273. The van der Waals surface area contributed by atoms with Crippen LogP contribution < -0.4 is 0 Å².